The first-order valence-corrected chi connectivity index (χ1v) is 9.03. The highest BCUT2D eigenvalue weighted by Gasteiger charge is 2.20. The van der Waals surface area contributed by atoms with Gasteiger partial charge < -0.3 is 10.1 Å². The number of aromatic nitrogens is 7. The molecule has 0 aliphatic rings. The number of aryl methyl sites for hydroxylation is 1. The van der Waals surface area contributed by atoms with E-state index in [1.54, 1.807) is 24.0 Å². The number of amides is 1. The number of carbonyl (C=O) groups is 1. The normalized spacial score (nSPS) is 10.7. The molecular weight excluding hydrogens is 399 g/mol. The van der Waals surface area contributed by atoms with Gasteiger partial charge in [0.2, 0.25) is 0 Å². The summed E-state index contributed by atoms with van der Waals surface area (Å²) >= 11 is 1.15. The van der Waals surface area contributed by atoms with Crippen molar-refractivity contribution in [1.82, 2.24) is 34.9 Å². The molecule has 146 valence electrons. The van der Waals surface area contributed by atoms with Gasteiger partial charge in [0, 0.05) is 19.3 Å². The zero-order valence-corrected chi connectivity index (χ0v) is 15.7. The third-order valence-electron chi connectivity index (χ3n) is 3.51. The van der Waals surface area contributed by atoms with E-state index in [4.69, 9.17) is 4.74 Å². The maximum Gasteiger partial charge on any atom is 0.281 e. The molecule has 0 saturated carbocycles. The van der Waals surface area contributed by atoms with Crippen molar-refractivity contribution < 1.29 is 13.9 Å². The Morgan fingerprint density at radius 1 is 1.24 bits per heavy atom. The maximum absolute atomic E-state index is 13.1. The second-order valence-corrected chi connectivity index (χ2v) is 6.65. The van der Waals surface area contributed by atoms with Gasteiger partial charge in [-0.05, 0) is 36.0 Å². The van der Waals surface area contributed by atoms with E-state index in [2.05, 4.69) is 35.6 Å². The predicted octanol–water partition coefficient (Wildman–Crippen LogP) is 2.66. The summed E-state index contributed by atoms with van der Waals surface area (Å²) in [6.45, 7) is 0. The van der Waals surface area contributed by atoms with Crippen LogP contribution < -0.4 is 10.1 Å². The van der Waals surface area contributed by atoms with Gasteiger partial charge in [-0.3, -0.25) is 14.6 Å². The van der Waals surface area contributed by atoms with E-state index in [0.717, 1.165) is 11.8 Å². The van der Waals surface area contributed by atoms with Crippen LogP contribution in [0.2, 0.25) is 0 Å². The molecule has 0 atom stereocenters. The van der Waals surface area contributed by atoms with Gasteiger partial charge in [0.25, 0.3) is 11.8 Å². The molecule has 3 aromatic heterocycles. The highest BCUT2D eigenvalue weighted by molar-refractivity contribution is 7.99. The van der Waals surface area contributed by atoms with Crippen LogP contribution in [-0.4, -0.2) is 40.8 Å². The van der Waals surface area contributed by atoms with Gasteiger partial charge in [0.05, 0.1) is 6.20 Å². The van der Waals surface area contributed by atoms with Gasteiger partial charge in [-0.25, -0.2) is 19.3 Å². The summed E-state index contributed by atoms with van der Waals surface area (Å²) in [5.41, 5.74) is -0.0653. The van der Waals surface area contributed by atoms with Gasteiger partial charge in [0.1, 0.15) is 22.9 Å². The van der Waals surface area contributed by atoms with Gasteiger partial charge in [-0.1, -0.05) is 0 Å². The van der Waals surface area contributed by atoms with Crippen molar-refractivity contribution >= 4 is 23.5 Å². The van der Waals surface area contributed by atoms with E-state index in [1.807, 2.05) is 0 Å². The lowest BCUT2D eigenvalue weighted by atomic mass is 10.3. The molecule has 0 fully saturated rings. The lowest BCUT2D eigenvalue weighted by Gasteiger charge is -2.10. The first kappa shape index (κ1) is 18.6. The minimum atomic E-state index is -0.562. The van der Waals surface area contributed by atoms with Crippen molar-refractivity contribution in [2.75, 3.05) is 5.32 Å². The molecule has 0 aliphatic heterocycles. The fraction of sp³-hybridized carbons (Fsp3) is 0.0588. The minimum Gasteiger partial charge on any atom is -0.437 e. The number of anilines is 1. The van der Waals surface area contributed by atoms with Gasteiger partial charge in [0.15, 0.2) is 16.7 Å². The Hall–Kier alpha value is -3.80. The summed E-state index contributed by atoms with van der Waals surface area (Å²) in [4.78, 5) is 25.3. The highest BCUT2D eigenvalue weighted by Crippen LogP contribution is 2.27. The van der Waals surface area contributed by atoms with Crippen molar-refractivity contribution in [3.63, 3.8) is 0 Å². The molecule has 0 bridgehead atoms. The number of hydrogen-bond acceptors (Lipinski definition) is 8. The largest absolute Gasteiger partial charge is 0.437 e. The van der Waals surface area contributed by atoms with Gasteiger partial charge in [-0.2, -0.15) is 10.2 Å². The fourth-order valence-electron chi connectivity index (χ4n) is 2.25. The van der Waals surface area contributed by atoms with Crippen molar-refractivity contribution in [2.45, 2.75) is 10.2 Å². The van der Waals surface area contributed by atoms with E-state index in [-0.39, 0.29) is 11.6 Å². The van der Waals surface area contributed by atoms with E-state index in [0.29, 0.717) is 21.7 Å². The average Bonchev–Trinajstić information content (AvgIpc) is 3.36. The average molecular weight is 412 g/mol. The zero-order chi connectivity index (χ0) is 20.2. The SMILES string of the molecule is Cn1ccc(NC(=O)c2nc(Sc3ncn[nH]3)cnc2Oc2ccc(F)cc2)n1. The molecule has 1 amide bonds. The third-order valence-corrected chi connectivity index (χ3v) is 4.31. The molecule has 3 heterocycles. The Bertz CT molecular complexity index is 1130. The number of hydrogen-bond donors (Lipinski definition) is 2. The van der Waals surface area contributed by atoms with Crippen molar-refractivity contribution in [3.8, 4) is 11.6 Å². The van der Waals surface area contributed by atoms with Crippen LogP contribution >= 0.6 is 11.8 Å². The molecule has 4 aromatic rings. The monoisotopic (exact) mass is 412 g/mol. The molecule has 12 heteroatoms. The Labute approximate surface area is 167 Å². The van der Waals surface area contributed by atoms with Crippen LogP contribution in [0.4, 0.5) is 10.2 Å². The zero-order valence-electron chi connectivity index (χ0n) is 14.9. The van der Waals surface area contributed by atoms with Crippen LogP contribution in [0.1, 0.15) is 10.5 Å². The smallest absolute Gasteiger partial charge is 0.281 e. The Morgan fingerprint density at radius 2 is 2.07 bits per heavy atom. The molecule has 2 N–H and O–H groups in total. The van der Waals surface area contributed by atoms with Crippen LogP contribution in [-0.2, 0) is 7.05 Å². The number of benzene rings is 1. The van der Waals surface area contributed by atoms with Crippen molar-refractivity contribution in [2.24, 2.45) is 7.05 Å². The summed E-state index contributed by atoms with van der Waals surface area (Å²) in [5, 5.41) is 14.1. The van der Waals surface area contributed by atoms with Gasteiger partial charge in [-0.15, -0.1) is 0 Å². The van der Waals surface area contributed by atoms with E-state index in [9.17, 15) is 9.18 Å². The number of aromatic amines is 1. The van der Waals surface area contributed by atoms with E-state index < -0.39 is 11.7 Å². The van der Waals surface area contributed by atoms with E-state index >= 15 is 0 Å². The highest BCUT2D eigenvalue weighted by atomic mass is 32.2. The molecule has 0 spiro atoms. The number of carbonyl (C=O) groups excluding carboxylic acids is 1. The van der Waals surface area contributed by atoms with Crippen LogP contribution in [0.5, 0.6) is 11.6 Å². The number of H-pyrrole nitrogens is 1. The predicted molar refractivity (Wildman–Crippen MR) is 100 cm³/mol. The topological polar surface area (TPSA) is 124 Å². The fourth-order valence-corrected chi connectivity index (χ4v) is 2.89. The summed E-state index contributed by atoms with van der Waals surface area (Å²) in [7, 11) is 1.73. The quantitative estimate of drug-likeness (QED) is 0.495. The standard InChI is InChI=1S/C17H13FN8O2S/c1-26-7-6-12(25-26)22-15(27)14-16(28-11-4-2-10(18)3-5-11)19-8-13(23-14)29-17-20-9-21-24-17/h2-9H,1H3,(H,20,21,24)(H,22,25,27). The first-order valence-electron chi connectivity index (χ1n) is 8.21. The van der Waals surface area contributed by atoms with Crippen LogP contribution in [0.3, 0.4) is 0 Å². The summed E-state index contributed by atoms with van der Waals surface area (Å²) in [5.74, 6) is -0.348. The molecule has 1 aromatic carbocycles. The second-order valence-electron chi connectivity index (χ2n) is 5.64. The van der Waals surface area contributed by atoms with E-state index in [1.165, 1.54) is 36.8 Å². The number of halogens is 1. The lowest BCUT2D eigenvalue weighted by Crippen LogP contribution is -2.16. The number of rotatable bonds is 6. The number of ether oxygens (including phenoxy) is 1. The Kier molecular flexibility index (Phi) is 5.16. The summed E-state index contributed by atoms with van der Waals surface area (Å²) < 4.78 is 20.3. The van der Waals surface area contributed by atoms with Crippen molar-refractivity contribution in [1.29, 1.82) is 0 Å². The molecule has 29 heavy (non-hydrogen) atoms. The van der Waals surface area contributed by atoms with Crippen LogP contribution in [0.25, 0.3) is 0 Å². The molecule has 0 unspecified atom stereocenters. The van der Waals surface area contributed by atoms with Crippen LogP contribution in [0.15, 0.2) is 59.2 Å². The lowest BCUT2D eigenvalue weighted by molar-refractivity contribution is 0.101. The molecular formula is C17H13FN8O2S. The minimum absolute atomic E-state index is 0.0352. The number of nitrogens with one attached hydrogen (secondary N) is 2. The Morgan fingerprint density at radius 3 is 2.76 bits per heavy atom. The molecule has 0 aliphatic carbocycles. The van der Waals surface area contributed by atoms with Crippen molar-refractivity contribution in [3.05, 3.63) is 60.6 Å². The summed E-state index contributed by atoms with van der Waals surface area (Å²) in [6, 6.07) is 6.97. The summed E-state index contributed by atoms with van der Waals surface area (Å²) in [6.07, 6.45) is 4.48. The molecule has 0 saturated heterocycles. The Balaban J connectivity index is 1.64. The third kappa shape index (κ3) is 4.55. The van der Waals surface area contributed by atoms with Gasteiger partial charge >= 0.3 is 0 Å². The molecule has 4 rings (SSSR count). The molecule has 10 nitrogen and oxygen atoms in total. The first-order chi connectivity index (χ1) is 14.1. The van der Waals surface area contributed by atoms with Crippen LogP contribution in [0, 0.1) is 5.82 Å². The second kappa shape index (κ2) is 8.06. The molecule has 0 radical (unpaired) electrons. The number of nitrogens with zero attached hydrogens (tertiary/aromatic N) is 6. The maximum atomic E-state index is 13.1.